The molecule has 3 aromatic carbocycles. The van der Waals surface area contributed by atoms with E-state index in [-0.39, 0.29) is 21.9 Å². The van der Waals surface area contributed by atoms with Crippen LogP contribution in [0.4, 0.5) is 0 Å². The molecule has 0 unspecified atom stereocenters. The van der Waals surface area contributed by atoms with Gasteiger partial charge in [0, 0.05) is 10.8 Å². The van der Waals surface area contributed by atoms with Crippen LogP contribution in [0.2, 0.25) is 0 Å². The van der Waals surface area contributed by atoms with E-state index in [1.807, 2.05) is 0 Å². The Kier molecular flexibility index (Phi) is 24.0. The average molecular weight is 1580 g/mol. The minimum Gasteiger partial charge on any atom is -0.456 e. The van der Waals surface area contributed by atoms with Crippen molar-refractivity contribution in [3.8, 4) is 0 Å². The SMILES string of the molecule is Cc1ccc(S(=O)(=O)OC[C@H]2O[C@@H]3O[C@H]4[C@H](O)[C@@H](O)[C@@H](O[C@H]5[C@H](O)[C@@H](O)[C@@H](O[C@H]6[C@H](O)[C@@H](O)[C@H]7O[C@H]8[C@H](O)[C@@H](O)[C@@H](O[C@H]9[C@H](O)[C@@H](O)[C@@H](O[C@H]%10[C@H](O)[C@@H](O)[C@@H](O[C@H]2[C@H](O)[C@H]3O)O[C@@H]%10CO)O[C@@H]9COS(=O)(=O)c2ccc3oc9ccc(cc9c3c2)S(=O)(=O)OC[C@H]6O7)O[C@@H]8CO)O[C@@H]5CO)O[C@@H]4CO)cc1. The Bertz CT molecular complexity index is 4020. The van der Waals surface area contributed by atoms with Gasteiger partial charge in [0.25, 0.3) is 30.4 Å². The van der Waals surface area contributed by atoms with E-state index in [9.17, 15) is 117 Å². The lowest BCUT2D eigenvalue weighted by atomic mass is 9.95. The van der Waals surface area contributed by atoms with Crippen molar-refractivity contribution in [1.29, 1.82) is 0 Å². The summed E-state index contributed by atoms with van der Waals surface area (Å²) in [5.74, 6) is 0. The molecule has 0 saturated carbocycles. The summed E-state index contributed by atoms with van der Waals surface area (Å²) in [5.41, 5.74) is 0.574. The molecule has 18 saturated heterocycles. The molecule has 18 fully saturated rings. The molecule has 45 heteroatoms. The first kappa shape index (κ1) is 80.0. The third-order valence-electron chi connectivity index (χ3n) is 19.7. The zero-order chi connectivity index (χ0) is 76.1. The molecule has 1 aromatic heterocycles. The molecule has 18 N–H and O–H groups in total. The number of aryl methyl sites for hydroxylation is 1. The zero-order valence-corrected chi connectivity index (χ0v) is 57.5. The quantitative estimate of drug-likeness (QED) is 0.0729. The van der Waals surface area contributed by atoms with Gasteiger partial charge in [-0.1, -0.05) is 17.7 Å². The fourth-order valence-corrected chi connectivity index (χ4v) is 16.6. The topological polar surface area (TPSA) is 637 Å². The Labute approximate surface area is 599 Å². The number of benzene rings is 3. The first-order valence-electron chi connectivity index (χ1n) is 33.1. The van der Waals surface area contributed by atoms with Crippen LogP contribution in [0.3, 0.4) is 0 Å². The van der Waals surface area contributed by atoms with E-state index < -0.39 is 306 Å². The van der Waals surface area contributed by atoms with E-state index in [0.29, 0.717) is 5.56 Å². The second kappa shape index (κ2) is 31.8. The Hall–Kier alpha value is -4.09. The van der Waals surface area contributed by atoms with E-state index in [1.165, 1.54) is 30.3 Å². The molecular formula is C61H80O42S3. The predicted molar refractivity (Wildman–Crippen MR) is 331 cm³/mol. The molecule has 4 aromatic rings. The minimum absolute atomic E-state index is 0.0245. The second-order valence-corrected chi connectivity index (χ2v) is 31.4. The summed E-state index contributed by atoms with van der Waals surface area (Å²) in [5, 5.41) is 209. The molecule has 0 amide bonds. The van der Waals surface area contributed by atoms with Gasteiger partial charge in [0.15, 0.2) is 44.0 Å². The summed E-state index contributed by atoms with van der Waals surface area (Å²) < 4.78 is 190. The molecule has 42 nitrogen and oxygen atoms in total. The third kappa shape index (κ3) is 15.4. The van der Waals surface area contributed by atoms with Gasteiger partial charge in [0.1, 0.15) is 182 Å². The van der Waals surface area contributed by atoms with Crippen LogP contribution in [0.15, 0.2) is 79.8 Å². The molecule has 35 atom stereocenters. The van der Waals surface area contributed by atoms with Crippen molar-refractivity contribution in [2.75, 3.05) is 46.2 Å². The summed E-state index contributed by atoms with van der Waals surface area (Å²) in [7, 11) is -15.0. The molecule has 594 valence electrons. The zero-order valence-electron chi connectivity index (χ0n) is 55.0. The van der Waals surface area contributed by atoms with E-state index in [2.05, 4.69) is 0 Å². The lowest BCUT2D eigenvalue weighted by molar-refractivity contribution is -0.396. The van der Waals surface area contributed by atoms with Crippen LogP contribution in [0.25, 0.3) is 21.9 Å². The molecular weight excluding hydrogens is 1500 g/mol. The van der Waals surface area contributed by atoms with Gasteiger partial charge in [-0.2, -0.15) is 25.3 Å². The van der Waals surface area contributed by atoms with Crippen LogP contribution in [0, 0.1) is 6.92 Å². The monoisotopic (exact) mass is 1580 g/mol. The van der Waals surface area contributed by atoms with E-state index >= 15 is 0 Å². The van der Waals surface area contributed by atoms with Crippen molar-refractivity contribution in [2.45, 2.75) is 237 Å². The average Bonchev–Trinajstić information content (AvgIpc) is 1.37. The number of aliphatic hydroxyl groups excluding tert-OH is 18. The van der Waals surface area contributed by atoms with Gasteiger partial charge in [-0.3, -0.25) is 12.5 Å². The van der Waals surface area contributed by atoms with E-state index in [4.69, 9.17) is 83.3 Å². The first-order chi connectivity index (χ1) is 50.3. The van der Waals surface area contributed by atoms with Crippen molar-refractivity contribution >= 4 is 52.3 Å². The van der Waals surface area contributed by atoms with E-state index in [1.54, 1.807) is 6.92 Å². The molecule has 106 heavy (non-hydrogen) atoms. The Balaban J connectivity index is 0.894. The molecule has 20 aliphatic heterocycles. The molecule has 0 aliphatic carbocycles. The number of aliphatic hydroxyl groups is 18. The van der Waals surface area contributed by atoms with Crippen LogP contribution < -0.4 is 0 Å². The van der Waals surface area contributed by atoms with Crippen LogP contribution in [-0.2, 0) is 109 Å². The highest BCUT2D eigenvalue weighted by atomic mass is 32.2. The summed E-state index contributed by atoms with van der Waals surface area (Å²) in [6.07, 6.45) is -79.0. The van der Waals surface area contributed by atoms with Gasteiger partial charge in [-0.25, -0.2) is 0 Å². The Morgan fingerprint density at radius 2 is 0.632 bits per heavy atom. The van der Waals surface area contributed by atoms with Crippen LogP contribution in [-0.4, -0.2) is 378 Å². The Morgan fingerprint density at radius 1 is 0.358 bits per heavy atom. The first-order valence-corrected chi connectivity index (χ1v) is 37.3. The van der Waals surface area contributed by atoms with Crippen molar-refractivity contribution in [1.82, 2.24) is 0 Å². The third-order valence-corrected chi connectivity index (χ3v) is 23.6. The molecule has 20 bridgehead atoms. The second-order valence-electron chi connectivity index (χ2n) is 26.6. The highest BCUT2D eigenvalue weighted by Gasteiger charge is 2.60. The maximum Gasteiger partial charge on any atom is 0.297 e. The number of fused-ring (bicyclic) bond motifs is 5. The predicted octanol–water partition coefficient (Wildman–Crippen LogP) is -10.5. The summed E-state index contributed by atoms with van der Waals surface area (Å²) in [4.78, 5) is -1.73. The Morgan fingerprint density at radius 3 is 0.943 bits per heavy atom. The largest absolute Gasteiger partial charge is 0.456 e. The van der Waals surface area contributed by atoms with Gasteiger partial charge in [-0.15, -0.1) is 0 Å². The van der Waals surface area contributed by atoms with Crippen LogP contribution in [0.5, 0.6) is 0 Å². The number of furan rings is 1. The number of hydrogen-bond acceptors (Lipinski definition) is 42. The lowest BCUT2D eigenvalue weighted by Gasteiger charge is -2.50. The van der Waals surface area contributed by atoms with Gasteiger partial charge >= 0.3 is 0 Å². The van der Waals surface area contributed by atoms with Crippen LogP contribution in [0.1, 0.15) is 5.56 Å². The normalized spacial score (nSPS) is 45.5. The fraction of sp³-hybridized carbons (Fsp3) is 0.705. The number of hydrogen-bond donors (Lipinski definition) is 18. The highest BCUT2D eigenvalue weighted by molar-refractivity contribution is 7.87. The van der Waals surface area contributed by atoms with Gasteiger partial charge < -0.3 is 163 Å². The number of ether oxygens (including phenoxy) is 14. The van der Waals surface area contributed by atoms with Gasteiger partial charge in [-0.05, 0) is 55.5 Å². The molecule has 20 aliphatic rings. The molecule has 24 rings (SSSR count). The minimum atomic E-state index is -5.12. The van der Waals surface area contributed by atoms with Crippen molar-refractivity contribution in [3.63, 3.8) is 0 Å². The summed E-state index contributed by atoms with van der Waals surface area (Å²) >= 11 is 0. The molecule has 0 radical (unpaired) electrons. The van der Waals surface area contributed by atoms with Crippen molar-refractivity contribution < 1.29 is 200 Å². The standard InChI is InChI=1S/C61H80O42S3/c1-19-2-4-20(5-3-19)104(80,81)86-16-31-52-38(70)45(77)59(94-31)98-49-28(13-63)90-55(41(73)34(49)66)97-48-27(12-62)91-56(42(74)35(48)67)102-53-32-17-87-105(82,83)21-6-8-25-23(10-21)24-11-22(7-9-26(24)89-25)106(84,85)88-18-33-54(40(72)47(79)61(96-33)99-50-29(14-64)92-57(101-52)43(75)36(50)68)103-58-44(76)37(69)51(30(15-65)93-58)100-60(95-32)46(78)39(53)71/h2-11,27-79H,12-18H2,1H3/t27-,28-,29-,30-,31-,32-,33-,34-,35-,36-,37-,38-,39-,40-,41-,42-,43-,44-,45-,46-,47-,48-,49-,50-,51-,52-,53-,54-,55-,56-,57-,58-,59-,60-,61-/m1/s1. The fourth-order valence-electron chi connectivity index (χ4n) is 13.8. The summed E-state index contributed by atoms with van der Waals surface area (Å²) in [6, 6.07) is 11.5. The maximum absolute atomic E-state index is 14.4. The lowest BCUT2D eigenvalue weighted by Crippen LogP contribution is -2.68. The van der Waals surface area contributed by atoms with Gasteiger partial charge in [0.2, 0.25) is 0 Å². The maximum atomic E-state index is 14.4. The van der Waals surface area contributed by atoms with E-state index in [0.717, 1.165) is 30.3 Å². The summed E-state index contributed by atoms with van der Waals surface area (Å²) in [6.45, 7) is -6.92. The molecule has 21 heterocycles. The number of rotatable bonds is 8. The molecule has 0 spiro atoms. The van der Waals surface area contributed by atoms with Crippen molar-refractivity contribution in [2.24, 2.45) is 0 Å². The van der Waals surface area contributed by atoms with Crippen molar-refractivity contribution in [3.05, 3.63) is 66.2 Å². The van der Waals surface area contributed by atoms with Gasteiger partial charge in [0.05, 0.1) is 60.9 Å². The smallest absolute Gasteiger partial charge is 0.297 e. The highest BCUT2D eigenvalue weighted by Crippen LogP contribution is 2.41. The van der Waals surface area contributed by atoms with Crippen LogP contribution >= 0.6 is 0 Å².